The fourth-order valence-corrected chi connectivity index (χ4v) is 3.45. The molecule has 0 aliphatic carbocycles. The molecule has 0 spiro atoms. The molecule has 9 heteroatoms. The number of nitrogens with one attached hydrogen (secondary N) is 2. The minimum absolute atomic E-state index is 0.00574. The van der Waals surface area contributed by atoms with Crippen LogP contribution in [0.15, 0.2) is 47.2 Å². The van der Waals surface area contributed by atoms with E-state index in [1.807, 2.05) is 5.38 Å². The number of thiophene rings is 1. The van der Waals surface area contributed by atoms with E-state index in [0.717, 1.165) is 0 Å². The number of nitrogens with zero attached hydrogens (tertiary/aromatic N) is 1. The number of esters is 1. The van der Waals surface area contributed by atoms with Gasteiger partial charge in [0.25, 0.3) is 5.91 Å². The Morgan fingerprint density at radius 1 is 1.07 bits per heavy atom. The van der Waals surface area contributed by atoms with Crippen LogP contribution in [-0.4, -0.2) is 22.8 Å². The van der Waals surface area contributed by atoms with E-state index < -0.39 is 5.97 Å². The first-order chi connectivity index (χ1) is 13.0. The number of thiazole rings is 1. The number of hydrogen-bond acceptors (Lipinski definition) is 7. The third kappa shape index (κ3) is 5.22. The Morgan fingerprint density at radius 2 is 1.85 bits per heavy atom. The Kier molecular flexibility index (Phi) is 5.94. The average Bonchev–Trinajstić information content (AvgIpc) is 3.32. The lowest BCUT2D eigenvalue weighted by molar-refractivity contribution is -0.114. The number of rotatable bonds is 6. The van der Waals surface area contributed by atoms with Crippen molar-refractivity contribution in [3.05, 3.63) is 63.3 Å². The van der Waals surface area contributed by atoms with E-state index in [1.165, 1.54) is 29.6 Å². The molecular formula is C18H15N3O4S2. The molecule has 0 radical (unpaired) electrons. The van der Waals surface area contributed by atoms with Gasteiger partial charge >= 0.3 is 5.97 Å². The van der Waals surface area contributed by atoms with Crippen LogP contribution in [0.3, 0.4) is 0 Å². The molecule has 2 amide bonds. The Balaban J connectivity index is 1.53. The fraction of sp³-hybridized carbons (Fsp3) is 0.111. The molecule has 0 aliphatic rings. The number of anilines is 2. The normalized spacial score (nSPS) is 10.3. The molecule has 0 atom stereocenters. The molecule has 2 heterocycles. The van der Waals surface area contributed by atoms with E-state index in [-0.39, 0.29) is 18.4 Å². The Bertz CT molecular complexity index is 949. The van der Waals surface area contributed by atoms with Crippen LogP contribution in [0.2, 0.25) is 0 Å². The Hall–Kier alpha value is -3.04. The zero-order valence-electron chi connectivity index (χ0n) is 14.2. The number of amides is 2. The molecular weight excluding hydrogens is 386 g/mol. The molecule has 138 valence electrons. The molecule has 3 aromatic rings. The topological polar surface area (TPSA) is 97.4 Å². The minimum Gasteiger partial charge on any atom is -0.456 e. The van der Waals surface area contributed by atoms with Crippen LogP contribution in [0.25, 0.3) is 0 Å². The standard InChI is InChI=1S/C18H15N3O4S2/c1-11(22)19-18-21-14(10-27-18)9-25-17(24)12-4-6-13(7-5-12)20-16(23)15-3-2-8-26-15/h2-8,10H,9H2,1H3,(H,20,23)(H,19,21,22). The summed E-state index contributed by atoms with van der Waals surface area (Å²) in [5.74, 6) is -0.904. The number of carbonyl (C=O) groups is 3. The Labute approximate surface area is 163 Å². The minimum atomic E-state index is -0.500. The van der Waals surface area contributed by atoms with Gasteiger partial charge in [0.2, 0.25) is 5.91 Å². The highest BCUT2D eigenvalue weighted by Crippen LogP contribution is 2.17. The summed E-state index contributed by atoms with van der Waals surface area (Å²) >= 11 is 2.61. The molecule has 0 fully saturated rings. The summed E-state index contributed by atoms with van der Waals surface area (Å²) in [5.41, 5.74) is 1.50. The Morgan fingerprint density at radius 3 is 2.52 bits per heavy atom. The molecule has 2 N–H and O–H groups in total. The lowest BCUT2D eigenvalue weighted by atomic mass is 10.2. The smallest absolute Gasteiger partial charge is 0.338 e. The van der Waals surface area contributed by atoms with Gasteiger partial charge in [-0.3, -0.25) is 9.59 Å². The lowest BCUT2D eigenvalue weighted by Gasteiger charge is -2.06. The first-order valence-electron chi connectivity index (χ1n) is 7.85. The van der Waals surface area contributed by atoms with Crippen molar-refractivity contribution in [2.75, 3.05) is 10.6 Å². The zero-order valence-corrected chi connectivity index (χ0v) is 15.9. The second-order valence-corrected chi connectivity index (χ2v) is 7.22. The van der Waals surface area contributed by atoms with Crippen LogP contribution in [0.1, 0.15) is 32.6 Å². The van der Waals surface area contributed by atoms with Crippen molar-refractivity contribution in [2.45, 2.75) is 13.5 Å². The molecule has 3 rings (SSSR count). The van der Waals surface area contributed by atoms with Crippen LogP contribution in [0, 0.1) is 0 Å². The SMILES string of the molecule is CC(=O)Nc1nc(COC(=O)c2ccc(NC(=O)c3cccs3)cc2)cs1. The maximum Gasteiger partial charge on any atom is 0.338 e. The van der Waals surface area contributed by atoms with E-state index >= 15 is 0 Å². The molecule has 7 nitrogen and oxygen atoms in total. The van der Waals surface area contributed by atoms with E-state index in [4.69, 9.17) is 4.74 Å². The van der Waals surface area contributed by atoms with E-state index in [2.05, 4.69) is 15.6 Å². The largest absolute Gasteiger partial charge is 0.456 e. The van der Waals surface area contributed by atoms with Gasteiger partial charge in [-0.25, -0.2) is 9.78 Å². The van der Waals surface area contributed by atoms with Gasteiger partial charge < -0.3 is 15.4 Å². The third-order valence-electron chi connectivity index (χ3n) is 3.31. The molecule has 0 saturated carbocycles. The quantitative estimate of drug-likeness (QED) is 0.613. The van der Waals surface area contributed by atoms with E-state index in [9.17, 15) is 14.4 Å². The van der Waals surface area contributed by atoms with Crippen LogP contribution < -0.4 is 10.6 Å². The van der Waals surface area contributed by atoms with Crippen molar-refractivity contribution in [3.63, 3.8) is 0 Å². The summed E-state index contributed by atoms with van der Waals surface area (Å²) in [4.78, 5) is 39.9. The van der Waals surface area contributed by atoms with Crippen LogP contribution >= 0.6 is 22.7 Å². The highest BCUT2D eigenvalue weighted by Gasteiger charge is 2.11. The third-order valence-corrected chi connectivity index (χ3v) is 4.98. The number of carbonyl (C=O) groups excluding carboxylic acids is 3. The summed E-state index contributed by atoms with van der Waals surface area (Å²) in [6.45, 7) is 1.40. The van der Waals surface area contributed by atoms with E-state index in [0.29, 0.717) is 27.0 Å². The monoisotopic (exact) mass is 401 g/mol. The predicted octanol–water partition coefficient (Wildman–Crippen LogP) is 3.77. The van der Waals surface area contributed by atoms with Crippen molar-refractivity contribution in [2.24, 2.45) is 0 Å². The summed E-state index contributed by atoms with van der Waals surface area (Å²) in [7, 11) is 0. The van der Waals surface area contributed by atoms with Gasteiger partial charge in [-0.1, -0.05) is 6.07 Å². The van der Waals surface area contributed by atoms with Crippen LogP contribution in [0.4, 0.5) is 10.8 Å². The van der Waals surface area contributed by atoms with Crippen molar-refractivity contribution >= 4 is 51.3 Å². The van der Waals surface area contributed by atoms with Crippen LogP contribution in [0.5, 0.6) is 0 Å². The summed E-state index contributed by atoms with van der Waals surface area (Å²) in [5, 5.41) is 9.33. The fourth-order valence-electron chi connectivity index (χ4n) is 2.09. The summed E-state index contributed by atoms with van der Waals surface area (Å²) in [6.07, 6.45) is 0. The lowest BCUT2D eigenvalue weighted by Crippen LogP contribution is -2.10. The first-order valence-corrected chi connectivity index (χ1v) is 9.61. The maximum atomic E-state index is 12.1. The molecule has 0 unspecified atom stereocenters. The van der Waals surface area contributed by atoms with Gasteiger partial charge in [-0.2, -0.15) is 0 Å². The zero-order chi connectivity index (χ0) is 19.2. The molecule has 0 bridgehead atoms. The second-order valence-electron chi connectivity index (χ2n) is 5.41. The molecule has 27 heavy (non-hydrogen) atoms. The van der Waals surface area contributed by atoms with Crippen molar-refractivity contribution in [1.29, 1.82) is 0 Å². The van der Waals surface area contributed by atoms with Crippen molar-refractivity contribution in [3.8, 4) is 0 Å². The van der Waals surface area contributed by atoms with Crippen molar-refractivity contribution in [1.82, 2.24) is 4.98 Å². The predicted molar refractivity (Wildman–Crippen MR) is 104 cm³/mol. The molecule has 1 aromatic carbocycles. The van der Waals surface area contributed by atoms with Gasteiger partial charge in [-0.15, -0.1) is 22.7 Å². The number of aromatic nitrogens is 1. The molecule has 0 saturated heterocycles. The van der Waals surface area contributed by atoms with E-state index in [1.54, 1.807) is 41.8 Å². The van der Waals surface area contributed by atoms with Crippen molar-refractivity contribution < 1.29 is 19.1 Å². The molecule has 0 aliphatic heterocycles. The van der Waals surface area contributed by atoms with Gasteiger partial charge in [-0.05, 0) is 35.7 Å². The van der Waals surface area contributed by atoms with Crippen LogP contribution in [-0.2, 0) is 16.1 Å². The summed E-state index contributed by atoms with van der Waals surface area (Å²) < 4.78 is 5.22. The summed E-state index contributed by atoms with van der Waals surface area (Å²) in [6, 6.07) is 9.98. The average molecular weight is 401 g/mol. The number of benzene rings is 1. The highest BCUT2D eigenvalue weighted by atomic mass is 32.1. The second kappa shape index (κ2) is 8.56. The highest BCUT2D eigenvalue weighted by molar-refractivity contribution is 7.14. The van der Waals surface area contributed by atoms with Gasteiger partial charge in [0.05, 0.1) is 16.1 Å². The van der Waals surface area contributed by atoms with Gasteiger partial charge in [0, 0.05) is 18.0 Å². The van der Waals surface area contributed by atoms with Gasteiger partial charge in [0.1, 0.15) is 6.61 Å². The number of ether oxygens (including phenoxy) is 1. The van der Waals surface area contributed by atoms with Gasteiger partial charge in [0.15, 0.2) is 5.13 Å². The molecule has 2 aromatic heterocycles. The maximum absolute atomic E-state index is 12.1. The number of hydrogen-bond donors (Lipinski definition) is 2. The first kappa shape index (κ1) is 18.7.